The normalized spacial score (nSPS) is 15.7. The van der Waals surface area contributed by atoms with E-state index < -0.39 is 18.6 Å². The van der Waals surface area contributed by atoms with E-state index in [2.05, 4.69) is 10.1 Å². The van der Waals surface area contributed by atoms with Crippen LogP contribution >= 0.6 is 0 Å². The number of benzene rings is 1. The Morgan fingerprint density at radius 1 is 1.37 bits per heavy atom. The van der Waals surface area contributed by atoms with Crippen LogP contribution < -0.4 is 5.32 Å². The van der Waals surface area contributed by atoms with Crippen molar-refractivity contribution in [2.24, 2.45) is 5.92 Å². The lowest BCUT2D eigenvalue weighted by atomic mass is 10.1. The molecule has 0 fully saturated rings. The molecule has 2 N–H and O–H groups in total. The Kier molecular flexibility index (Phi) is 4.16. The summed E-state index contributed by atoms with van der Waals surface area (Å²) in [5.74, 6) is -1.04. The van der Waals surface area contributed by atoms with Gasteiger partial charge in [0.2, 0.25) is 5.91 Å². The van der Waals surface area contributed by atoms with Crippen LogP contribution in [0.2, 0.25) is 0 Å². The molecule has 0 aromatic heterocycles. The molecule has 1 amide bonds. The van der Waals surface area contributed by atoms with E-state index >= 15 is 0 Å². The molecule has 5 nitrogen and oxygen atoms in total. The average Bonchev–Trinajstić information content (AvgIpc) is 2.87. The third kappa shape index (κ3) is 2.93. The Hall–Kier alpha value is -1.88. The Morgan fingerprint density at radius 2 is 1.95 bits per heavy atom. The number of aliphatic hydroxyl groups excluding tert-OH is 1. The molecule has 1 atom stereocenters. The lowest BCUT2D eigenvalue weighted by molar-refractivity contribution is -0.146. The third-order valence-electron chi connectivity index (χ3n) is 3.41. The number of nitrogens with one attached hydrogen (secondary N) is 1. The first kappa shape index (κ1) is 13.5. The van der Waals surface area contributed by atoms with Crippen molar-refractivity contribution >= 4 is 11.9 Å². The quantitative estimate of drug-likeness (QED) is 0.753. The van der Waals surface area contributed by atoms with Crippen molar-refractivity contribution in [1.29, 1.82) is 0 Å². The fraction of sp³-hybridized carbons (Fsp3) is 0.429. The number of methoxy groups -OCH3 is 1. The number of amides is 1. The highest BCUT2D eigenvalue weighted by molar-refractivity contribution is 5.86. The number of aliphatic hydroxyl groups is 1. The first-order valence-corrected chi connectivity index (χ1v) is 6.21. The largest absolute Gasteiger partial charge is 0.467 e. The van der Waals surface area contributed by atoms with Gasteiger partial charge in [-0.2, -0.15) is 0 Å². The molecule has 0 heterocycles. The van der Waals surface area contributed by atoms with Crippen LogP contribution in [0.15, 0.2) is 24.3 Å². The smallest absolute Gasteiger partial charge is 0.330 e. The minimum absolute atomic E-state index is 0.184. The number of rotatable bonds is 4. The zero-order valence-corrected chi connectivity index (χ0v) is 10.8. The second-order valence-corrected chi connectivity index (χ2v) is 4.64. The van der Waals surface area contributed by atoms with Gasteiger partial charge in [-0.1, -0.05) is 24.3 Å². The monoisotopic (exact) mass is 263 g/mol. The van der Waals surface area contributed by atoms with Crippen molar-refractivity contribution in [3.8, 4) is 0 Å². The van der Waals surface area contributed by atoms with Gasteiger partial charge in [0.05, 0.1) is 13.7 Å². The van der Waals surface area contributed by atoms with Crippen LogP contribution in [0.25, 0.3) is 0 Å². The molecule has 0 saturated carbocycles. The number of hydrogen-bond acceptors (Lipinski definition) is 4. The summed E-state index contributed by atoms with van der Waals surface area (Å²) in [5.41, 5.74) is 2.34. The van der Waals surface area contributed by atoms with E-state index in [1.165, 1.54) is 18.2 Å². The van der Waals surface area contributed by atoms with Gasteiger partial charge in [-0.3, -0.25) is 4.79 Å². The van der Waals surface area contributed by atoms with Crippen molar-refractivity contribution in [3.63, 3.8) is 0 Å². The van der Waals surface area contributed by atoms with E-state index in [0.29, 0.717) is 12.8 Å². The van der Waals surface area contributed by atoms with Crippen molar-refractivity contribution in [2.75, 3.05) is 13.7 Å². The molecule has 5 heteroatoms. The number of hydrogen-bond donors (Lipinski definition) is 2. The summed E-state index contributed by atoms with van der Waals surface area (Å²) < 4.78 is 4.51. The number of esters is 1. The summed E-state index contributed by atoms with van der Waals surface area (Å²) in [6.07, 6.45) is 1.34. The minimum Gasteiger partial charge on any atom is -0.467 e. The van der Waals surface area contributed by atoms with Gasteiger partial charge in [0, 0.05) is 5.92 Å². The molecule has 1 aromatic carbocycles. The molecule has 1 aliphatic rings. The summed E-state index contributed by atoms with van der Waals surface area (Å²) in [6.45, 7) is -0.460. The van der Waals surface area contributed by atoms with Crippen LogP contribution in [0.5, 0.6) is 0 Å². The van der Waals surface area contributed by atoms with Crippen LogP contribution in [-0.2, 0) is 27.2 Å². The molecule has 1 unspecified atom stereocenters. The number of ether oxygens (including phenoxy) is 1. The molecule has 1 aliphatic carbocycles. The lowest BCUT2D eigenvalue weighted by Crippen LogP contribution is -2.46. The second-order valence-electron chi connectivity index (χ2n) is 4.64. The topological polar surface area (TPSA) is 75.6 Å². The standard InChI is InChI=1S/C14H17NO4/c1-19-14(18)12(8-16)15-13(17)11-6-9-4-2-3-5-10(9)7-11/h2-5,11-12,16H,6-8H2,1H3,(H,15,17). The summed E-state index contributed by atoms with van der Waals surface area (Å²) in [7, 11) is 1.22. The van der Waals surface area contributed by atoms with Gasteiger partial charge >= 0.3 is 5.97 Å². The summed E-state index contributed by atoms with van der Waals surface area (Å²) in [6, 6.07) is 6.92. The molecule has 0 saturated heterocycles. The zero-order chi connectivity index (χ0) is 13.8. The van der Waals surface area contributed by atoms with Gasteiger partial charge in [0.15, 0.2) is 6.04 Å². The van der Waals surface area contributed by atoms with E-state index in [-0.39, 0.29) is 11.8 Å². The van der Waals surface area contributed by atoms with Gasteiger partial charge in [0.25, 0.3) is 0 Å². The molecule has 0 radical (unpaired) electrons. The third-order valence-corrected chi connectivity index (χ3v) is 3.41. The molecule has 102 valence electrons. The van der Waals surface area contributed by atoms with Crippen LogP contribution in [-0.4, -0.2) is 36.7 Å². The lowest BCUT2D eigenvalue weighted by Gasteiger charge is -2.16. The number of fused-ring (bicyclic) bond motifs is 1. The Balaban J connectivity index is 1.97. The maximum absolute atomic E-state index is 12.1. The van der Waals surface area contributed by atoms with Gasteiger partial charge in [-0.05, 0) is 24.0 Å². The molecule has 0 aliphatic heterocycles. The van der Waals surface area contributed by atoms with E-state index in [0.717, 1.165) is 0 Å². The molecule has 1 aromatic rings. The molecule has 0 spiro atoms. The van der Waals surface area contributed by atoms with Crippen molar-refractivity contribution in [3.05, 3.63) is 35.4 Å². The Bertz CT molecular complexity index is 461. The van der Waals surface area contributed by atoms with Crippen molar-refractivity contribution in [1.82, 2.24) is 5.32 Å². The van der Waals surface area contributed by atoms with Crippen molar-refractivity contribution in [2.45, 2.75) is 18.9 Å². The number of carbonyl (C=O) groups excluding carboxylic acids is 2. The highest BCUT2D eigenvalue weighted by Gasteiger charge is 2.30. The Labute approximate surface area is 111 Å². The first-order chi connectivity index (χ1) is 9.15. The fourth-order valence-electron chi connectivity index (χ4n) is 2.36. The van der Waals surface area contributed by atoms with Crippen LogP contribution in [0, 0.1) is 5.92 Å². The predicted octanol–water partition coefficient (Wildman–Crippen LogP) is 0.0515. The van der Waals surface area contributed by atoms with E-state index in [1.54, 1.807) is 0 Å². The SMILES string of the molecule is COC(=O)C(CO)NC(=O)C1Cc2ccccc2C1. The highest BCUT2D eigenvalue weighted by atomic mass is 16.5. The second kappa shape index (κ2) is 5.84. The van der Waals surface area contributed by atoms with Crippen LogP contribution in [0.4, 0.5) is 0 Å². The summed E-state index contributed by atoms with van der Waals surface area (Å²) in [4.78, 5) is 23.4. The first-order valence-electron chi connectivity index (χ1n) is 6.21. The predicted molar refractivity (Wildman–Crippen MR) is 68.4 cm³/mol. The van der Waals surface area contributed by atoms with E-state index in [4.69, 9.17) is 5.11 Å². The van der Waals surface area contributed by atoms with Crippen LogP contribution in [0.1, 0.15) is 11.1 Å². The minimum atomic E-state index is -0.985. The fourth-order valence-corrected chi connectivity index (χ4v) is 2.36. The average molecular weight is 263 g/mol. The number of carbonyl (C=O) groups is 2. The highest BCUT2D eigenvalue weighted by Crippen LogP contribution is 2.26. The van der Waals surface area contributed by atoms with Crippen molar-refractivity contribution < 1.29 is 19.4 Å². The molecule has 19 heavy (non-hydrogen) atoms. The summed E-state index contributed by atoms with van der Waals surface area (Å²) >= 11 is 0. The maximum Gasteiger partial charge on any atom is 0.330 e. The molecule has 2 rings (SSSR count). The maximum atomic E-state index is 12.1. The Morgan fingerprint density at radius 3 is 2.42 bits per heavy atom. The van der Waals surface area contributed by atoms with Gasteiger partial charge in [0.1, 0.15) is 0 Å². The molecular formula is C14H17NO4. The van der Waals surface area contributed by atoms with Crippen LogP contribution in [0.3, 0.4) is 0 Å². The summed E-state index contributed by atoms with van der Waals surface area (Å²) in [5, 5.41) is 11.6. The zero-order valence-electron chi connectivity index (χ0n) is 10.8. The van der Waals surface area contributed by atoms with E-state index in [1.807, 2.05) is 24.3 Å². The van der Waals surface area contributed by atoms with Gasteiger partial charge < -0.3 is 15.2 Å². The molecule has 0 bridgehead atoms. The molecular weight excluding hydrogens is 246 g/mol. The van der Waals surface area contributed by atoms with E-state index in [9.17, 15) is 9.59 Å². The van der Waals surface area contributed by atoms with Gasteiger partial charge in [-0.15, -0.1) is 0 Å². The van der Waals surface area contributed by atoms with Gasteiger partial charge in [-0.25, -0.2) is 4.79 Å².